The van der Waals surface area contributed by atoms with Crippen LogP contribution in [0.15, 0.2) is 109 Å². The van der Waals surface area contributed by atoms with Crippen molar-refractivity contribution in [3.63, 3.8) is 0 Å². The predicted octanol–water partition coefficient (Wildman–Crippen LogP) is 12.4. The van der Waals surface area contributed by atoms with E-state index in [4.69, 9.17) is 0 Å². The van der Waals surface area contributed by atoms with Crippen LogP contribution in [0.5, 0.6) is 17.2 Å². The van der Waals surface area contributed by atoms with Gasteiger partial charge in [0.25, 0.3) is 0 Å². The molecule has 0 atom stereocenters. The van der Waals surface area contributed by atoms with Gasteiger partial charge in [0, 0.05) is 38.9 Å². The highest BCUT2D eigenvalue weighted by Gasteiger charge is 2.29. The van der Waals surface area contributed by atoms with Crippen molar-refractivity contribution in [2.75, 3.05) is 0 Å². The second kappa shape index (κ2) is 13.6. The average Bonchev–Trinajstić information content (AvgIpc) is 3.82. The van der Waals surface area contributed by atoms with Crippen molar-refractivity contribution in [2.24, 2.45) is 0 Å². The lowest BCUT2D eigenvalue weighted by Crippen LogP contribution is -2.11. The third-order valence-electron chi connectivity index (χ3n) is 11.9. The van der Waals surface area contributed by atoms with Crippen LogP contribution < -0.4 is 0 Å². The monoisotopic (exact) mass is 686 g/mol. The molecule has 5 heteroatoms. The van der Waals surface area contributed by atoms with Crippen molar-refractivity contribution in [3.8, 4) is 39.8 Å². The molecule has 2 fully saturated rings. The molecule has 5 N–H and O–H groups in total. The molecule has 9 rings (SSSR count). The zero-order valence-electron chi connectivity index (χ0n) is 29.5. The van der Waals surface area contributed by atoms with Gasteiger partial charge in [-0.1, -0.05) is 99.2 Å². The Kier molecular flexibility index (Phi) is 8.50. The smallest absolute Gasteiger partial charge is 0.128 e. The molecule has 5 nitrogen and oxygen atoms in total. The highest BCUT2D eigenvalue weighted by molar-refractivity contribution is 5.89. The molecule has 0 saturated heterocycles. The summed E-state index contributed by atoms with van der Waals surface area (Å²) < 4.78 is 0. The van der Waals surface area contributed by atoms with Gasteiger partial charge in [0.15, 0.2) is 0 Å². The highest BCUT2D eigenvalue weighted by Crippen LogP contribution is 2.49. The lowest BCUT2D eigenvalue weighted by Gasteiger charge is -2.29. The van der Waals surface area contributed by atoms with Gasteiger partial charge >= 0.3 is 0 Å². The fourth-order valence-corrected chi connectivity index (χ4v) is 9.27. The van der Waals surface area contributed by atoms with E-state index in [0.29, 0.717) is 11.5 Å². The summed E-state index contributed by atoms with van der Waals surface area (Å²) >= 11 is 0. The second-order valence-electron chi connectivity index (χ2n) is 15.3. The van der Waals surface area contributed by atoms with Crippen LogP contribution in [0, 0.1) is 0 Å². The Hall–Kier alpha value is -5.42. The number of rotatable bonds is 7. The van der Waals surface area contributed by atoms with Gasteiger partial charge in [0.2, 0.25) is 0 Å². The second-order valence-corrected chi connectivity index (χ2v) is 15.3. The lowest BCUT2D eigenvalue weighted by atomic mass is 9.76. The van der Waals surface area contributed by atoms with Crippen LogP contribution in [0.3, 0.4) is 0 Å². The summed E-state index contributed by atoms with van der Waals surface area (Å²) in [6.45, 7) is 0. The van der Waals surface area contributed by atoms with E-state index in [2.05, 4.69) is 76.7 Å². The Morgan fingerprint density at radius 1 is 0.462 bits per heavy atom. The molecule has 2 saturated carbocycles. The predicted molar refractivity (Wildman–Crippen MR) is 212 cm³/mol. The number of phenolic OH excluding ortho intramolecular Hbond substituents is 3. The number of fused-ring (bicyclic) bond motifs is 2. The maximum absolute atomic E-state index is 12.1. The fourth-order valence-electron chi connectivity index (χ4n) is 9.27. The summed E-state index contributed by atoms with van der Waals surface area (Å²) in [6, 6.07) is 37.2. The number of H-pyrrole nitrogens is 2. The van der Waals surface area contributed by atoms with Gasteiger partial charge in [-0.15, -0.1) is 0 Å². The van der Waals surface area contributed by atoms with E-state index in [1.54, 1.807) is 6.07 Å². The molecule has 2 aliphatic rings. The van der Waals surface area contributed by atoms with Crippen LogP contribution in [0.25, 0.3) is 44.3 Å². The van der Waals surface area contributed by atoms with Gasteiger partial charge in [0.05, 0.1) is 11.4 Å². The molecule has 0 amide bonds. The first kappa shape index (κ1) is 32.5. The van der Waals surface area contributed by atoms with Crippen LogP contribution in [-0.2, 0) is 0 Å². The molecule has 262 valence electrons. The van der Waals surface area contributed by atoms with Crippen molar-refractivity contribution in [1.82, 2.24) is 9.97 Å². The fraction of sp³-hybridized carbons (Fsp3) is 0.277. The van der Waals surface area contributed by atoms with E-state index >= 15 is 0 Å². The Morgan fingerprint density at radius 2 is 0.942 bits per heavy atom. The topological polar surface area (TPSA) is 92.3 Å². The minimum absolute atomic E-state index is 0.215. The van der Waals surface area contributed by atoms with E-state index < -0.39 is 0 Å². The Labute approximate surface area is 305 Å². The van der Waals surface area contributed by atoms with Gasteiger partial charge in [0.1, 0.15) is 17.2 Å². The van der Waals surface area contributed by atoms with Crippen molar-refractivity contribution < 1.29 is 15.3 Å². The molecule has 0 unspecified atom stereocenters. The van der Waals surface area contributed by atoms with Crippen LogP contribution in [0.1, 0.15) is 110 Å². The summed E-state index contributed by atoms with van der Waals surface area (Å²) in [5, 5.41) is 37.4. The molecule has 0 aliphatic heterocycles. The number of hydrogen-bond acceptors (Lipinski definition) is 3. The molecule has 2 aromatic heterocycles. The normalized spacial score (nSPS) is 15.9. The number of nitrogens with one attached hydrogen (secondary N) is 2. The summed E-state index contributed by atoms with van der Waals surface area (Å²) in [7, 11) is 0. The van der Waals surface area contributed by atoms with Crippen LogP contribution >= 0.6 is 0 Å². The number of aromatic amines is 2. The molecule has 0 radical (unpaired) electrons. The van der Waals surface area contributed by atoms with Crippen molar-refractivity contribution >= 4 is 21.8 Å². The van der Waals surface area contributed by atoms with Gasteiger partial charge in [-0.25, -0.2) is 0 Å². The van der Waals surface area contributed by atoms with Gasteiger partial charge in [-0.05, 0) is 114 Å². The average molecular weight is 687 g/mol. The minimum Gasteiger partial charge on any atom is -0.508 e. The highest BCUT2D eigenvalue weighted by atomic mass is 16.3. The Bertz CT molecular complexity index is 2180. The third kappa shape index (κ3) is 6.02. The number of hydrogen-bond donors (Lipinski definition) is 5. The number of aromatic hydroxyl groups is 3. The largest absolute Gasteiger partial charge is 0.508 e. The van der Waals surface area contributed by atoms with Gasteiger partial charge in [-0.2, -0.15) is 0 Å². The molecule has 0 spiro atoms. The number of aromatic nitrogens is 2. The van der Waals surface area contributed by atoms with E-state index in [1.807, 2.05) is 36.4 Å². The summed E-state index contributed by atoms with van der Waals surface area (Å²) in [4.78, 5) is 7.21. The molecule has 52 heavy (non-hydrogen) atoms. The Balaban J connectivity index is 1.30. The first-order valence-corrected chi connectivity index (χ1v) is 19.2. The van der Waals surface area contributed by atoms with Crippen molar-refractivity contribution in [2.45, 2.75) is 82.0 Å². The van der Waals surface area contributed by atoms with Crippen LogP contribution in [-0.4, -0.2) is 25.3 Å². The lowest BCUT2D eigenvalue weighted by molar-refractivity contribution is 0.414. The molecular weight excluding hydrogens is 641 g/mol. The zero-order chi connectivity index (χ0) is 35.2. The number of benzene rings is 5. The maximum Gasteiger partial charge on any atom is 0.128 e. The standard InChI is InChI=1S/C47H46N2O3/c50-36-19-11-18-33(22-36)45(34-23-37(29-12-3-1-4-13-29)46(51)39(25-34)43-27-31-16-7-9-20-41(31)48-43)35-24-38(30-14-5-2-6-15-30)47(52)40(26-35)44-28-32-17-8-10-21-42(32)49-44/h7-11,16-30,45,48-52H,1-6,12-15H2. The number of para-hydroxylation sites is 2. The number of phenols is 3. The molecule has 7 aromatic rings. The molecule has 2 aliphatic carbocycles. The summed E-state index contributed by atoms with van der Waals surface area (Å²) in [6.07, 6.45) is 11.3. The maximum atomic E-state index is 12.1. The van der Waals surface area contributed by atoms with Gasteiger partial charge < -0.3 is 25.3 Å². The van der Waals surface area contributed by atoms with Crippen LogP contribution in [0.4, 0.5) is 0 Å². The van der Waals surface area contributed by atoms with E-state index in [-0.39, 0.29) is 23.5 Å². The SMILES string of the molecule is Oc1cccc(C(c2cc(-c3cc4ccccc4[nH]3)c(O)c(C3CCCCC3)c2)c2cc(-c3cc4ccccc4[nH]3)c(O)c(C3CCCCC3)c2)c1. The van der Waals surface area contributed by atoms with Crippen molar-refractivity contribution in [1.29, 1.82) is 0 Å². The summed E-state index contributed by atoms with van der Waals surface area (Å²) in [5.41, 5.74) is 10.5. The Morgan fingerprint density at radius 3 is 1.40 bits per heavy atom. The molecule has 0 bridgehead atoms. The zero-order valence-corrected chi connectivity index (χ0v) is 29.5. The van der Waals surface area contributed by atoms with E-state index in [0.717, 1.165) is 124 Å². The third-order valence-corrected chi connectivity index (χ3v) is 11.9. The molecular formula is C47H46N2O3. The van der Waals surface area contributed by atoms with E-state index in [1.165, 1.54) is 12.8 Å². The van der Waals surface area contributed by atoms with Crippen LogP contribution in [0.2, 0.25) is 0 Å². The first-order valence-electron chi connectivity index (χ1n) is 19.2. The summed E-state index contributed by atoms with van der Waals surface area (Å²) in [5.74, 6) is 1.17. The van der Waals surface area contributed by atoms with E-state index in [9.17, 15) is 15.3 Å². The van der Waals surface area contributed by atoms with Gasteiger partial charge in [-0.3, -0.25) is 0 Å². The first-order chi connectivity index (χ1) is 25.5. The quantitative estimate of drug-likeness (QED) is 0.108. The minimum atomic E-state index is -0.274. The molecule has 2 heterocycles. The molecule has 5 aromatic carbocycles. The van der Waals surface area contributed by atoms with Crippen molar-refractivity contribution in [3.05, 3.63) is 137 Å².